The maximum Gasteiger partial charge on any atom is 0.338 e. The minimum atomic E-state index is -0.480. The minimum Gasteiger partial charge on any atom is -0.454 e. The van der Waals surface area contributed by atoms with Gasteiger partial charge >= 0.3 is 5.97 Å². The number of carbonyl (C=O) groups is 2. The fourth-order valence-electron chi connectivity index (χ4n) is 1.89. The Morgan fingerprint density at radius 2 is 1.84 bits per heavy atom. The fraction of sp³-hybridized carbons (Fsp3) is 0.200. The first kappa shape index (κ1) is 13.1. The van der Waals surface area contributed by atoms with E-state index < -0.39 is 5.97 Å². The molecule has 0 saturated carbocycles. The maximum atomic E-state index is 11.8. The van der Waals surface area contributed by atoms with E-state index >= 15 is 0 Å². The van der Waals surface area contributed by atoms with Crippen molar-refractivity contribution in [2.75, 3.05) is 6.61 Å². The summed E-state index contributed by atoms with van der Waals surface area (Å²) >= 11 is 0. The van der Waals surface area contributed by atoms with Crippen molar-refractivity contribution in [1.82, 2.24) is 4.98 Å². The lowest BCUT2D eigenvalue weighted by atomic mass is 10.1. The quantitative estimate of drug-likeness (QED) is 0.676. The van der Waals surface area contributed by atoms with E-state index in [4.69, 9.17) is 4.74 Å². The number of nitrogens with one attached hydrogen (secondary N) is 1. The Kier molecular flexibility index (Phi) is 3.80. The molecule has 0 aliphatic rings. The lowest BCUT2D eigenvalue weighted by Gasteiger charge is -2.05. The van der Waals surface area contributed by atoms with Gasteiger partial charge in [0.1, 0.15) is 0 Å². The van der Waals surface area contributed by atoms with Crippen LogP contribution in [-0.2, 0) is 4.74 Å². The monoisotopic (exact) mass is 257 g/mol. The Labute approximate surface area is 111 Å². The zero-order valence-electron chi connectivity index (χ0n) is 10.9. The molecule has 19 heavy (non-hydrogen) atoms. The highest BCUT2D eigenvalue weighted by Gasteiger charge is 2.12. The molecule has 0 unspecified atom stereocenters. The van der Waals surface area contributed by atoms with E-state index in [1.807, 2.05) is 19.9 Å². The highest BCUT2D eigenvalue weighted by atomic mass is 16.5. The van der Waals surface area contributed by atoms with Crippen molar-refractivity contribution in [3.8, 4) is 0 Å². The Morgan fingerprint density at radius 1 is 1.16 bits per heavy atom. The van der Waals surface area contributed by atoms with E-state index in [1.165, 1.54) is 0 Å². The van der Waals surface area contributed by atoms with Gasteiger partial charge < -0.3 is 9.72 Å². The lowest BCUT2D eigenvalue weighted by Crippen LogP contribution is -2.14. The third kappa shape index (κ3) is 3.31. The number of hydrogen-bond acceptors (Lipinski definition) is 3. The Hall–Kier alpha value is -2.36. The SMILES string of the molecule is Cc1cc(C)cc(C(=O)OCC(=O)c2ccc[nH]2)c1. The molecule has 2 aromatic rings. The van der Waals surface area contributed by atoms with Crippen LogP contribution >= 0.6 is 0 Å². The van der Waals surface area contributed by atoms with Crippen molar-refractivity contribution in [3.05, 3.63) is 58.9 Å². The van der Waals surface area contributed by atoms with Crippen molar-refractivity contribution in [2.24, 2.45) is 0 Å². The molecule has 0 amide bonds. The van der Waals surface area contributed by atoms with Crippen LogP contribution < -0.4 is 0 Å². The van der Waals surface area contributed by atoms with Crippen LogP contribution in [0.4, 0.5) is 0 Å². The molecule has 0 aliphatic carbocycles. The van der Waals surface area contributed by atoms with Gasteiger partial charge in [0.2, 0.25) is 5.78 Å². The van der Waals surface area contributed by atoms with Gasteiger partial charge in [0.05, 0.1) is 11.3 Å². The number of rotatable bonds is 4. The first-order valence-corrected chi connectivity index (χ1v) is 5.98. The summed E-state index contributed by atoms with van der Waals surface area (Å²) in [6.07, 6.45) is 1.65. The molecule has 0 bridgehead atoms. The zero-order chi connectivity index (χ0) is 13.8. The number of ketones is 1. The molecule has 98 valence electrons. The van der Waals surface area contributed by atoms with Gasteiger partial charge in [-0.25, -0.2) is 4.79 Å². The molecule has 4 nitrogen and oxygen atoms in total. The zero-order valence-corrected chi connectivity index (χ0v) is 10.9. The Bertz CT molecular complexity index is 580. The molecule has 1 aromatic heterocycles. The van der Waals surface area contributed by atoms with Crippen LogP contribution in [-0.4, -0.2) is 23.3 Å². The van der Waals surface area contributed by atoms with E-state index in [0.717, 1.165) is 11.1 Å². The predicted molar refractivity (Wildman–Crippen MR) is 71.3 cm³/mol. The number of benzene rings is 1. The summed E-state index contributed by atoms with van der Waals surface area (Å²) in [5.41, 5.74) is 2.88. The van der Waals surface area contributed by atoms with Gasteiger partial charge in [0.25, 0.3) is 0 Å². The second-order valence-corrected chi connectivity index (χ2v) is 4.46. The molecule has 1 heterocycles. The third-order valence-electron chi connectivity index (χ3n) is 2.69. The molecule has 0 aliphatic heterocycles. The average molecular weight is 257 g/mol. The summed E-state index contributed by atoms with van der Waals surface area (Å²) in [4.78, 5) is 26.3. The highest BCUT2D eigenvalue weighted by Crippen LogP contribution is 2.10. The van der Waals surface area contributed by atoms with E-state index in [0.29, 0.717) is 11.3 Å². The Balaban J connectivity index is 2.00. The normalized spacial score (nSPS) is 10.2. The molecular weight excluding hydrogens is 242 g/mol. The van der Waals surface area contributed by atoms with Crippen LogP contribution in [0.2, 0.25) is 0 Å². The van der Waals surface area contributed by atoms with Gasteiger partial charge in [0, 0.05) is 6.20 Å². The summed E-state index contributed by atoms with van der Waals surface area (Å²) in [7, 11) is 0. The molecule has 1 aromatic carbocycles. The van der Waals surface area contributed by atoms with E-state index in [1.54, 1.807) is 30.5 Å². The summed E-state index contributed by atoms with van der Waals surface area (Å²) in [5.74, 6) is -0.727. The van der Waals surface area contributed by atoms with Gasteiger partial charge in [-0.1, -0.05) is 17.2 Å². The summed E-state index contributed by atoms with van der Waals surface area (Å²) < 4.78 is 5.02. The predicted octanol–water partition coefficient (Wildman–Crippen LogP) is 2.67. The molecule has 0 spiro atoms. The summed E-state index contributed by atoms with van der Waals surface area (Å²) in [5, 5.41) is 0. The van der Waals surface area contributed by atoms with E-state index in [2.05, 4.69) is 4.98 Å². The smallest absolute Gasteiger partial charge is 0.338 e. The van der Waals surface area contributed by atoms with Crippen LogP contribution in [0.25, 0.3) is 0 Å². The number of aromatic amines is 1. The van der Waals surface area contributed by atoms with Crippen LogP contribution in [0.5, 0.6) is 0 Å². The van der Waals surface area contributed by atoms with Crippen molar-refractivity contribution in [2.45, 2.75) is 13.8 Å². The third-order valence-corrected chi connectivity index (χ3v) is 2.69. The highest BCUT2D eigenvalue weighted by molar-refractivity contribution is 5.98. The number of carbonyl (C=O) groups excluding carboxylic acids is 2. The van der Waals surface area contributed by atoms with Crippen molar-refractivity contribution in [1.29, 1.82) is 0 Å². The molecule has 2 rings (SSSR count). The number of esters is 1. The topological polar surface area (TPSA) is 59.2 Å². The van der Waals surface area contributed by atoms with Gasteiger partial charge in [0.15, 0.2) is 6.61 Å². The molecular formula is C15H15NO3. The number of ether oxygens (including phenoxy) is 1. The van der Waals surface area contributed by atoms with Gasteiger partial charge in [-0.05, 0) is 38.1 Å². The molecule has 0 fully saturated rings. The molecule has 4 heteroatoms. The van der Waals surface area contributed by atoms with Crippen molar-refractivity contribution < 1.29 is 14.3 Å². The summed E-state index contributed by atoms with van der Waals surface area (Å²) in [6.45, 7) is 3.56. The van der Waals surface area contributed by atoms with Gasteiger partial charge in [-0.2, -0.15) is 0 Å². The first-order chi connectivity index (χ1) is 9.06. The van der Waals surface area contributed by atoms with E-state index in [-0.39, 0.29) is 12.4 Å². The number of H-pyrrole nitrogens is 1. The van der Waals surface area contributed by atoms with Crippen LogP contribution in [0.3, 0.4) is 0 Å². The Morgan fingerprint density at radius 3 is 2.42 bits per heavy atom. The van der Waals surface area contributed by atoms with Crippen molar-refractivity contribution in [3.63, 3.8) is 0 Å². The largest absolute Gasteiger partial charge is 0.454 e. The molecule has 0 atom stereocenters. The van der Waals surface area contributed by atoms with Crippen LogP contribution in [0.1, 0.15) is 32.0 Å². The number of hydrogen-bond donors (Lipinski definition) is 1. The minimum absolute atomic E-state index is 0.247. The maximum absolute atomic E-state index is 11.8. The number of aryl methyl sites for hydroxylation is 2. The standard InChI is InChI=1S/C15H15NO3/c1-10-6-11(2)8-12(7-10)15(18)19-9-14(17)13-4-3-5-16-13/h3-8,16H,9H2,1-2H3. The van der Waals surface area contributed by atoms with Gasteiger partial charge in [-0.15, -0.1) is 0 Å². The number of aromatic nitrogens is 1. The molecule has 1 N–H and O–H groups in total. The van der Waals surface area contributed by atoms with Gasteiger partial charge in [-0.3, -0.25) is 4.79 Å². The average Bonchev–Trinajstić information content (AvgIpc) is 2.88. The molecule has 0 radical (unpaired) electrons. The van der Waals surface area contributed by atoms with Crippen LogP contribution in [0, 0.1) is 13.8 Å². The lowest BCUT2D eigenvalue weighted by molar-refractivity contribution is 0.0473. The van der Waals surface area contributed by atoms with Crippen LogP contribution in [0.15, 0.2) is 36.5 Å². The number of Topliss-reactive ketones (excluding diaryl/α,β-unsaturated/α-hetero) is 1. The second-order valence-electron chi connectivity index (χ2n) is 4.46. The first-order valence-electron chi connectivity index (χ1n) is 5.98. The second kappa shape index (κ2) is 5.52. The summed E-state index contributed by atoms with van der Waals surface area (Å²) in [6, 6.07) is 8.83. The fourth-order valence-corrected chi connectivity index (χ4v) is 1.89. The van der Waals surface area contributed by atoms with E-state index in [9.17, 15) is 9.59 Å². The molecule has 0 saturated heterocycles. The van der Waals surface area contributed by atoms with Crippen molar-refractivity contribution >= 4 is 11.8 Å².